The molecule has 2 rings (SSSR count). The summed E-state index contributed by atoms with van der Waals surface area (Å²) in [5.74, 6) is 0. The van der Waals surface area contributed by atoms with Crippen LogP contribution in [0, 0.1) is 6.92 Å². The van der Waals surface area contributed by atoms with Crippen molar-refractivity contribution in [1.82, 2.24) is 5.32 Å². The van der Waals surface area contributed by atoms with Gasteiger partial charge in [0.25, 0.3) is 0 Å². The molecular weight excluding hydrogens is 264 g/mol. The molecule has 0 bridgehead atoms. The number of nitrogens with one attached hydrogen (secondary N) is 1. The molecule has 0 saturated carbocycles. The van der Waals surface area contributed by atoms with Gasteiger partial charge in [-0.05, 0) is 50.2 Å². The van der Waals surface area contributed by atoms with Crippen LogP contribution in [0.1, 0.15) is 29.2 Å². The van der Waals surface area contributed by atoms with E-state index in [4.69, 9.17) is 0 Å². The van der Waals surface area contributed by atoms with Gasteiger partial charge in [0.05, 0.1) is 6.54 Å². The highest BCUT2D eigenvalue weighted by Gasteiger charge is 2.07. The van der Waals surface area contributed by atoms with Gasteiger partial charge in [0, 0.05) is 28.5 Å². The molecule has 0 unspecified atom stereocenters. The third-order valence-corrected chi connectivity index (χ3v) is 4.43. The van der Waals surface area contributed by atoms with E-state index in [1.807, 2.05) is 11.3 Å². The SMILES string of the molecule is CCNCc1ccc(CN(CC)c2cccc(C)c2)s1. The maximum atomic E-state index is 3.38. The molecule has 0 saturated heterocycles. The average Bonchev–Trinajstić information content (AvgIpc) is 2.90. The number of rotatable bonds is 7. The lowest BCUT2D eigenvalue weighted by molar-refractivity contribution is 0.735. The molecule has 0 aliphatic carbocycles. The van der Waals surface area contributed by atoms with E-state index < -0.39 is 0 Å². The van der Waals surface area contributed by atoms with E-state index in [9.17, 15) is 0 Å². The van der Waals surface area contributed by atoms with E-state index >= 15 is 0 Å². The molecule has 0 fully saturated rings. The molecule has 0 aliphatic rings. The number of aryl methyl sites for hydroxylation is 1. The third kappa shape index (κ3) is 4.09. The third-order valence-electron chi connectivity index (χ3n) is 3.36. The van der Waals surface area contributed by atoms with E-state index in [0.29, 0.717) is 0 Å². The molecule has 1 aromatic carbocycles. The topological polar surface area (TPSA) is 15.3 Å². The van der Waals surface area contributed by atoms with Crippen molar-refractivity contribution in [3.63, 3.8) is 0 Å². The van der Waals surface area contributed by atoms with E-state index in [-0.39, 0.29) is 0 Å². The van der Waals surface area contributed by atoms with Gasteiger partial charge in [-0.15, -0.1) is 11.3 Å². The first kappa shape index (κ1) is 15.1. The number of thiophene rings is 1. The highest BCUT2D eigenvalue weighted by atomic mass is 32.1. The second kappa shape index (κ2) is 7.46. The van der Waals surface area contributed by atoms with Crippen molar-refractivity contribution in [3.05, 3.63) is 51.7 Å². The zero-order valence-corrected chi connectivity index (χ0v) is 13.5. The van der Waals surface area contributed by atoms with Gasteiger partial charge in [-0.3, -0.25) is 0 Å². The van der Waals surface area contributed by atoms with Crippen molar-refractivity contribution in [2.75, 3.05) is 18.0 Å². The highest BCUT2D eigenvalue weighted by molar-refractivity contribution is 7.12. The minimum Gasteiger partial charge on any atom is -0.367 e. The predicted molar refractivity (Wildman–Crippen MR) is 89.6 cm³/mol. The Morgan fingerprint density at radius 3 is 2.60 bits per heavy atom. The zero-order chi connectivity index (χ0) is 14.4. The second-order valence-electron chi connectivity index (χ2n) is 5.00. The molecule has 0 amide bonds. The Hall–Kier alpha value is -1.32. The minimum absolute atomic E-state index is 0.984. The first-order chi connectivity index (χ1) is 9.72. The van der Waals surface area contributed by atoms with Crippen molar-refractivity contribution in [3.8, 4) is 0 Å². The van der Waals surface area contributed by atoms with Gasteiger partial charge >= 0.3 is 0 Å². The first-order valence-corrected chi connectivity index (χ1v) is 8.14. The van der Waals surface area contributed by atoms with Crippen LogP contribution in [-0.2, 0) is 13.1 Å². The van der Waals surface area contributed by atoms with Gasteiger partial charge in [0.2, 0.25) is 0 Å². The van der Waals surface area contributed by atoms with Gasteiger partial charge in [-0.2, -0.15) is 0 Å². The minimum atomic E-state index is 0.984. The quantitative estimate of drug-likeness (QED) is 0.821. The maximum Gasteiger partial charge on any atom is 0.0522 e. The zero-order valence-electron chi connectivity index (χ0n) is 12.6. The molecule has 1 heterocycles. The Labute approximate surface area is 126 Å². The molecule has 20 heavy (non-hydrogen) atoms. The molecule has 2 nitrogen and oxygen atoms in total. The van der Waals surface area contributed by atoms with E-state index in [1.54, 1.807) is 0 Å². The smallest absolute Gasteiger partial charge is 0.0522 e. The number of benzene rings is 1. The van der Waals surface area contributed by atoms with E-state index in [0.717, 1.165) is 26.2 Å². The summed E-state index contributed by atoms with van der Waals surface area (Å²) < 4.78 is 0. The molecule has 1 aromatic heterocycles. The van der Waals surface area contributed by atoms with Gasteiger partial charge in [0.15, 0.2) is 0 Å². The van der Waals surface area contributed by atoms with Crippen LogP contribution < -0.4 is 10.2 Å². The van der Waals surface area contributed by atoms with E-state index in [1.165, 1.54) is 21.0 Å². The fourth-order valence-electron chi connectivity index (χ4n) is 2.25. The van der Waals surface area contributed by atoms with Gasteiger partial charge in [0.1, 0.15) is 0 Å². The van der Waals surface area contributed by atoms with Crippen LogP contribution in [0.15, 0.2) is 36.4 Å². The average molecular weight is 288 g/mol. The number of anilines is 1. The van der Waals surface area contributed by atoms with Crippen molar-refractivity contribution < 1.29 is 0 Å². The molecule has 3 heteroatoms. The molecule has 0 atom stereocenters. The van der Waals surface area contributed by atoms with Crippen LogP contribution >= 0.6 is 11.3 Å². The highest BCUT2D eigenvalue weighted by Crippen LogP contribution is 2.22. The molecule has 0 spiro atoms. The van der Waals surface area contributed by atoms with E-state index in [2.05, 4.69) is 67.4 Å². The number of hydrogen-bond acceptors (Lipinski definition) is 3. The number of hydrogen-bond donors (Lipinski definition) is 1. The molecule has 0 aliphatic heterocycles. The summed E-state index contributed by atoms with van der Waals surface area (Å²) in [5.41, 5.74) is 2.63. The van der Waals surface area contributed by atoms with Crippen LogP contribution in [-0.4, -0.2) is 13.1 Å². The first-order valence-electron chi connectivity index (χ1n) is 7.32. The second-order valence-corrected chi connectivity index (χ2v) is 6.25. The van der Waals surface area contributed by atoms with Gasteiger partial charge in [-0.1, -0.05) is 19.1 Å². The Bertz CT molecular complexity index is 533. The van der Waals surface area contributed by atoms with Gasteiger partial charge < -0.3 is 10.2 Å². The summed E-state index contributed by atoms with van der Waals surface area (Å²) in [5, 5.41) is 3.38. The molecule has 2 aromatic rings. The summed E-state index contributed by atoms with van der Waals surface area (Å²) in [7, 11) is 0. The lowest BCUT2D eigenvalue weighted by Gasteiger charge is -2.22. The normalized spacial score (nSPS) is 10.8. The Kier molecular flexibility index (Phi) is 5.62. The van der Waals surface area contributed by atoms with Crippen LogP contribution in [0.2, 0.25) is 0 Å². The van der Waals surface area contributed by atoms with Crippen molar-refractivity contribution in [2.24, 2.45) is 0 Å². The fraction of sp³-hybridized carbons (Fsp3) is 0.412. The molecular formula is C17H24N2S. The summed E-state index contributed by atoms with van der Waals surface area (Å²) in [6.07, 6.45) is 0. The van der Waals surface area contributed by atoms with Crippen molar-refractivity contribution in [2.45, 2.75) is 33.9 Å². The monoisotopic (exact) mass is 288 g/mol. The summed E-state index contributed by atoms with van der Waals surface area (Å²) in [6, 6.07) is 13.2. The summed E-state index contributed by atoms with van der Waals surface area (Å²) in [4.78, 5) is 5.28. The van der Waals surface area contributed by atoms with Crippen molar-refractivity contribution >= 4 is 17.0 Å². The largest absolute Gasteiger partial charge is 0.367 e. The van der Waals surface area contributed by atoms with Gasteiger partial charge in [-0.25, -0.2) is 0 Å². The van der Waals surface area contributed by atoms with Crippen LogP contribution in [0.25, 0.3) is 0 Å². The Morgan fingerprint density at radius 1 is 1.10 bits per heavy atom. The lowest BCUT2D eigenvalue weighted by atomic mass is 10.2. The van der Waals surface area contributed by atoms with Crippen LogP contribution in [0.4, 0.5) is 5.69 Å². The predicted octanol–water partition coefficient (Wildman–Crippen LogP) is 4.19. The molecule has 108 valence electrons. The van der Waals surface area contributed by atoms with Crippen LogP contribution in [0.5, 0.6) is 0 Å². The maximum absolute atomic E-state index is 3.38. The Balaban J connectivity index is 2.04. The summed E-state index contributed by atoms with van der Waals surface area (Å²) in [6.45, 7) is 10.5. The lowest BCUT2D eigenvalue weighted by Crippen LogP contribution is -2.21. The standard InChI is InChI=1S/C17H24N2S/c1-4-18-12-16-9-10-17(20-16)13-19(5-2)15-8-6-7-14(3)11-15/h6-11,18H,4-5,12-13H2,1-3H3. The number of nitrogens with zero attached hydrogens (tertiary/aromatic N) is 1. The molecule has 1 N–H and O–H groups in total. The van der Waals surface area contributed by atoms with Crippen molar-refractivity contribution in [1.29, 1.82) is 0 Å². The fourth-order valence-corrected chi connectivity index (χ4v) is 3.25. The van der Waals surface area contributed by atoms with Crippen LogP contribution in [0.3, 0.4) is 0 Å². The Morgan fingerprint density at radius 2 is 1.90 bits per heavy atom. The summed E-state index contributed by atoms with van der Waals surface area (Å²) >= 11 is 1.91. The molecule has 0 radical (unpaired) electrons.